The van der Waals surface area contributed by atoms with Gasteiger partial charge in [0.05, 0.1) is 11.5 Å². The molecular formula is C9H13F3N2O2S. The lowest BCUT2D eigenvalue weighted by molar-refractivity contribution is -0.137. The molecule has 2 N–H and O–H groups in total. The number of aromatic nitrogens is 1. The molecule has 0 aliphatic carbocycles. The summed E-state index contributed by atoms with van der Waals surface area (Å²) in [5.74, 6) is 0. The molecule has 1 heterocycles. The van der Waals surface area contributed by atoms with Crippen molar-refractivity contribution in [2.24, 2.45) is 0 Å². The molecule has 0 aromatic carbocycles. The van der Waals surface area contributed by atoms with Crippen LogP contribution in [0.2, 0.25) is 0 Å². The van der Waals surface area contributed by atoms with E-state index in [-0.39, 0.29) is 11.4 Å². The maximum atomic E-state index is 12.3. The highest BCUT2D eigenvalue weighted by Gasteiger charge is 2.35. The van der Waals surface area contributed by atoms with Gasteiger partial charge in [0.15, 0.2) is 5.01 Å². The van der Waals surface area contributed by atoms with Crippen molar-refractivity contribution in [1.82, 2.24) is 10.3 Å². The zero-order valence-electron chi connectivity index (χ0n) is 9.12. The molecule has 0 aliphatic rings. The number of nitrogens with one attached hydrogen (secondary N) is 1. The third-order valence-corrected chi connectivity index (χ3v) is 3.06. The van der Waals surface area contributed by atoms with Crippen molar-refractivity contribution in [2.45, 2.75) is 12.3 Å². The van der Waals surface area contributed by atoms with Crippen molar-refractivity contribution < 1.29 is 23.0 Å². The van der Waals surface area contributed by atoms with E-state index in [9.17, 15) is 18.3 Å². The summed E-state index contributed by atoms with van der Waals surface area (Å²) >= 11 is 0.454. The van der Waals surface area contributed by atoms with Crippen LogP contribution < -0.4 is 5.32 Å². The predicted molar refractivity (Wildman–Crippen MR) is 56.8 cm³/mol. The first-order valence-electron chi connectivity index (χ1n) is 4.85. The highest BCUT2D eigenvalue weighted by atomic mass is 32.1. The Hall–Kier alpha value is -0.700. The number of alkyl halides is 3. The van der Waals surface area contributed by atoms with Crippen LogP contribution in [0.5, 0.6) is 0 Å². The fraction of sp³-hybridized carbons (Fsp3) is 0.667. The van der Waals surface area contributed by atoms with Gasteiger partial charge < -0.3 is 15.2 Å². The standard InChI is InChI=1S/C9H13F3N2O2S/c1-16-3-2-13-4-6(15)7-5-14-8(17-7)9(10,11)12/h5-6,13,15H,2-4H2,1H3. The molecule has 0 aliphatic heterocycles. The molecule has 0 fully saturated rings. The van der Waals surface area contributed by atoms with Crippen LogP contribution in [-0.4, -0.2) is 36.9 Å². The maximum Gasteiger partial charge on any atom is 0.443 e. The fourth-order valence-corrected chi connectivity index (χ4v) is 1.85. The van der Waals surface area contributed by atoms with Crippen molar-refractivity contribution in [3.05, 3.63) is 16.1 Å². The van der Waals surface area contributed by atoms with Gasteiger partial charge in [0.25, 0.3) is 0 Å². The molecule has 0 bridgehead atoms. The largest absolute Gasteiger partial charge is 0.443 e. The van der Waals surface area contributed by atoms with Gasteiger partial charge >= 0.3 is 6.18 Å². The van der Waals surface area contributed by atoms with Crippen molar-refractivity contribution in [3.63, 3.8) is 0 Å². The summed E-state index contributed by atoms with van der Waals surface area (Å²) in [5, 5.41) is 11.5. The van der Waals surface area contributed by atoms with Gasteiger partial charge in [-0.3, -0.25) is 0 Å². The minimum atomic E-state index is -4.45. The van der Waals surface area contributed by atoms with E-state index in [0.29, 0.717) is 24.5 Å². The van der Waals surface area contributed by atoms with Crippen LogP contribution in [0.25, 0.3) is 0 Å². The number of rotatable bonds is 6. The van der Waals surface area contributed by atoms with E-state index in [2.05, 4.69) is 10.3 Å². The van der Waals surface area contributed by atoms with E-state index >= 15 is 0 Å². The van der Waals surface area contributed by atoms with Crippen molar-refractivity contribution in [2.75, 3.05) is 26.8 Å². The SMILES string of the molecule is COCCNCC(O)c1cnc(C(F)(F)F)s1. The van der Waals surface area contributed by atoms with Crippen LogP contribution in [0, 0.1) is 0 Å². The van der Waals surface area contributed by atoms with Crippen molar-refractivity contribution in [1.29, 1.82) is 0 Å². The molecule has 17 heavy (non-hydrogen) atoms. The molecule has 0 saturated heterocycles. The maximum absolute atomic E-state index is 12.3. The lowest BCUT2D eigenvalue weighted by atomic mass is 10.3. The second-order valence-electron chi connectivity index (χ2n) is 3.28. The smallest absolute Gasteiger partial charge is 0.386 e. The first-order chi connectivity index (χ1) is 7.95. The first-order valence-corrected chi connectivity index (χ1v) is 5.67. The molecule has 1 unspecified atom stereocenters. The molecule has 4 nitrogen and oxygen atoms in total. The van der Waals surface area contributed by atoms with Gasteiger partial charge in [0.1, 0.15) is 6.10 Å². The van der Waals surface area contributed by atoms with Crippen LogP contribution in [0.15, 0.2) is 6.20 Å². The summed E-state index contributed by atoms with van der Waals surface area (Å²) in [5.41, 5.74) is 0. The van der Waals surface area contributed by atoms with Crippen LogP contribution in [0.3, 0.4) is 0 Å². The van der Waals surface area contributed by atoms with Gasteiger partial charge in [0.2, 0.25) is 0 Å². The van der Waals surface area contributed by atoms with Crippen LogP contribution in [0.4, 0.5) is 13.2 Å². The zero-order chi connectivity index (χ0) is 12.9. The van der Waals surface area contributed by atoms with Crippen LogP contribution in [-0.2, 0) is 10.9 Å². The summed E-state index contributed by atoms with van der Waals surface area (Å²) < 4.78 is 41.5. The van der Waals surface area contributed by atoms with E-state index in [1.54, 1.807) is 0 Å². The van der Waals surface area contributed by atoms with Gasteiger partial charge in [-0.1, -0.05) is 0 Å². The van der Waals surface area contributed by atoms with E-state index < -0.39 is 17.3 Å². The summed E-state index contributed by atoms with van der Waals surface area (Å²) in [6.07, 6.45) is -4.39. The second-order valence-corrected chi connectivity index (χ2v) is 4.34. The molecule has 1 rings (SSSR count). The highest BCUT2D eigenvalue weighted by Crippen LogP contribution is 2.34. The van der Waals surface area contributed by atoms with Gasteiger partial charge in [-0.2, -0.15) is 13.2 Å². The first kappa shape index (κ1) is 14.4. The van der Waals surface area contributed by atoms with Crippen molar-refractivity contribution >= 4 is 11.3 Å². The molecule has 1 atom stereocenters. The normalized spacial score (nSPS) is 13.9. The minimum absolute atomic E-state index is 0.169. The highest BCUT2D eigenvalue weighted by molar-refractivity contribution is 7.11. The Morgan fingerprint density at radius 2 is 2.29 bits per heavy atom. The van der Waals surface area contributed by atoms with E-state index in [1.165, 1.54) is 7.11 Å². The monoisotopic (exact) mass is 270 g/mol. The third kappa shape index (κ3) is 4.58. The number of nitrogens with zero attached hydrogens (tertiary/aromatic N) is 1. The molecule has 1 aromatic rings. The minimum Gasteiger partial charge on any atom is -0.386 e. The third-order valence-electron chi connectivity index (χ3n) is 1.92. The number of thiazole rings is 1. The van der Waals surface area contributed by atoms with Gasteiger partial charge in [0, 0.05) is 26.4 Å². The molecule has 0 radical (unpaired) electrons. The number of hydrogen-bond acceptors (Lipinski definition) is 5. The molecule has 0 spiro atoms. The Kier molecular flexibility index (Phi) is 5.31. The summed E-state index contributed by atoms with van der Waals surface area (Å²) in [7, 11) is 1.54. The summed E-state index contributed by atoms with van der Waals surface area (Å²) in [6, 6.07) is 0. The number of aliphatic hydroxyl groups excluding tert-OH is 1. The quantitative estimate of drug-likeness (QED) is 0.768. The molecule has 1 aromatic heterocycles. The number of halogens is 3. The van der Waals surface area contributed by atoms with Gasteiger partial charge in [-0.25, -0.2) is 4.98 Å². The number of aliphatic hydroxyl groups is 1. The van der Waals surface area contributed by atoms with E-state index in [0.717, 1.165) is 6.20 Å². The molecule has 8 heteroatoms. The van der Waals surface area contributed by atoms with Gasteiger partial charge in [-0.15, -0.1) is 11.3 Å². The lowest BCUT2D eigenvalue weighted by Crippen LogP contribution is -2.24. The van der Waals surface area contributed by atoms with Crippen molar-refractivity contribution in [3.8, 4) is 0 Å². The number of ether oxygens (including phenoxy) is 1. The Bertz CT molecular complexity index is 343. The summed E-state index contributed by atoms with van der Waals surface area (Å²) in [4.78, 5) is 3.43. The lowest BCUT2D eigenvalue weighted by Gasteiger charge is -2.09. The molecule has 0 amide bonds. The molecular weight excluding hydrogens is 257 g/mol. The average molecular weight is 270 g/mol. The Balaban J connectivity index is 2.47. The second kappa shape index (κ2) is 6.29. The Labute approximate surface area is 100 Å². The number of methoxy groups -OCH3 is 1. The van der Waals surface area contributed by atoms with E-state index in [4.69, 9.17) is 4.74 Å². The Morgan fingerprint density at radius 3 is 2.82 bits per heavy atom. The van der Waals surface area contributed by atoms with E-state index in [1.807, 2.05) is 0 Å². The number of hydrogen-bond donors (Lipinski definition) is 2. The predicted octanol–water partition coefficient (Wildman–Crippen LogP) is 1.43. The fourth-order valence-electron chi connectivity index (χ4n) is 1.09. The average Bonchev–Trinajstić information content (AvgIpc) is 2.72. The topological polar surface area (TPSA) is 54.4 Å². The zero-order valence-corrected chi connectivity index (χ0v) is 9.94. The van der Waals surface area contributed by atoms with Gasteiger partial charge in [-0.05, 0) is 0 Å². The summed E-state index contributed by atoms with van der Waals surface area (Å²) in [6.45, 7) is 1.17. The van der Waals surface area contributed by atoms with Crippen LogP contribution >= 0.6 is 11.3 Å². The molecule has 98 valence electrons. The molecule has 0 saturated carbocycles. The Morgan fingerprint density at radius 1 is 1.59 bits per heavy atom. The van der Waals surface area contributed by atoms with Crippen LogP contribution in [0.1, 0.15) is 16.0 Å².